The number of hydrogen-bond acceptors (Lipinski definition) is 1. The van der Waals surface area contributed by atoms with Gasteiger partial charge in [0.15, 0.2) is 0 Å². The lowest BCUT2D eigenvalue weighted by molar-refractivity contribution is 0.602. The second kappa shape index (κ2) is 5.88. The van der Waals surface area contributed by atoms with Crippen molar-refractivity contribution in [2.24, 2.45) is 5.73 Å². The Balaban J connectivity index is 1.98. The minimum absolute atomic E-state index is 0.274. The van der Waals surface area contributed by atoms with Crippen LogP contribution >= 0.6 is 11.6 Å². The van der Waals surface area contributed by atoms with Crippen molar-refractivity contribution in [2.45, 2.75) is 13.0 Å². The van der Waals surface area contributed by atoms with E-state index in [9.17, 15) is 4.39 Å². The Morgan fingerprint density at radius 1 is 1.14 bits per heavy atom. The lowest BCUT2D eigenvalue weighted by atomic mass is 10.1. The molecule has 1 aromatic heterocycles. The van der Waals surface area contributed by atoms with Gasteiger partial charge in [0.1, 0.15) is 5.82 Å². The molecule has 0 fully saturated rings. The zero-order valence-corrected chi connectivity index (χ0v) is 12.3. The number of nitrogens with two attached hydrogens (primary N) is 1. The van der Waals surface area contributed by atoms with E-state index < -0.39 is 0 Å². The van der Waals surface area contributed by atoms with E-state index in [4.69, 9.17) is 17.3 Å². The number of nitrogens with zero attached hydrogens (tertiary/aromatic N) is 1. The second-order valence-electron chi connectivity index (χ2n) is 5.08. The number of hydrogen-bond donors (Lipinski definition) is 1. The third-order valence-electron chi connectivity index (χ3n) is 3.66. The molecule has 0 aliphatic rings. The van der Waals surface area contributed by atoms with Crippen LogP contribution in [-0.4, -0.2) is 11.1 Å². The summed E-state index contributed by atoms with van der Waals surface area (Å²) in [5, 5.41) is 1.59. The van der Waals surface area contributed by atoms with E-state index in [1.165, 1.54) is 11.6 Å². The van der Waals surface area contributed by atoms with Gasteiger partial charge in [0.05, 0.1) is 6.54 Å². The van der Waals surface area contributed by atoms with Gasteiger partial charge < -0.3 is 10.3 Å². The largest absolute Gasteiger partial charge is 0.343 e. The van der Waals surface area contributed by atoms with Crippen molar-refractivity contribution in [1.82, 2.24) is 4.57 Å². The van der Waals surface area contributed by atoms with Gasteiger partial charge >= 0.3 is 0 Å². The van der Waals surface area contributed by atoms with E-state index in [0.717, 1.165) is 17.3 Å². The highest BCUT2D eigenvalue weighted by molar-refractivity contribution is 6.31. The first-order valence-corrected chi connectivity index (χ1v) is 7.27. The molecule has 2 aromatic carbocycles. The van der Waals surface area contributed by atoms with Crippen LogP contribution < -0.4 is 5.73 Å². The molecule has 1 heterocycles. The molecule has 3 rings (SSSR count). The fraction of sp³-hybridized carbons (Fsp3) is 0.176. The minimum atomic E-state index is -0.274. The fourth-order valence-corrected chi connectivity index (χ4v) is 2.79. The average molecular weight is 303 g/mol. The molecule has 0 unspecified atom stereocenters. The highest BCUT2D eigenvalue weighted by atomic mass is 35.5. The van der Waals surface area contributed by atoms with Crippen LogP contribution in [0.4, 0.5) is 4.39 Å². The molecular weight excluding hydrogens is 287 g/mol. The third kappa shape index (κ3) is 2.80. The van der Waals surface area contributed by atoms with Crippen molar-refractivity contribution in [3.8, 4) is 0 Å². The van der Waals surface area contributed by atoms with E-state index in [2.05, 4.69) is 18.2 Å². The number of benzene rings is 2. The number of halogens is 2. The Morgan fingerprint density at radius 2 is 2.00 bits per heavy atom. The van der Waals surface area contributed by atoms with Crippen LogP contribution in [0, 0.1) is 5.82 Å². The lowest BCUT2D eigenvalue weighted by Crippen LogP contribution is -2.03. The first-order valence-electron chi connectivity index (χ1n) is 6.90. The van der Waals surface area contributed by atoms with Gasteiger partial charge in [-0.25, -0.2) is 4.39 Å². The van der Waals surface area contributed by atoms with Crippen molar-refractivity contribution in [3.05, 3.63) is 70.6 Å². The van der Waals surface area contributed by atoms with Crippen molar-refractivity contribution in [3.63, 3.8) is 0 Å². The van der Waals surface area contributed by atoms with E-state index in [-0.39, 0.29) is 5.82 Å². The first-order chi connectivity index (χ1) is 10.2. The molecule has 0 aliphatic heterocycles. The van der Waals surface area contributed by atoms with Crippen LogP contribution in [0.2, 0.25) is 5.02 Å². The molecule has 0 saturated carbocycles. The smallest absolute Gasteiger partial charge is 0.129 e. The van der Waals surface area contributed by atoms with Crippen molar-refractivity contribution in [1.29, 1.82) is 0 Å². The summed E-state index contributed by atoms with van der Waals surface area (Å²) >= 11 is 6.10. The Hall–Kier alpha value is -1.84. The van der Waals surface area contributed by atoms with Gasteiger partial charge in [-0.3, -0.25) is 0 Å². The molecule has 2 N–H and O–H groups in total. The molecule has 0 bridgehead atoms. The summed E-state index contributed by atoms with van der Waals surface area (Å²) in [7, 11) is 0. The zero-order valence-electron chi connectivity index (χ0n) is 11.5. The first kappa shape index (κ1) is 14.1. The maximum atomic E-state index is 13.9. The maximum absolute atomic E-state index is 13.9. The summed E-state index contributed by atoms with van der Waals surface area (Å²) in [5.74, 6) is -0.274. The Labute approximate surface area is 127 Å². The molecular formula is C17H16ClFN2. The second-order valence-corrected chi connectivity index (χ2v) is 5.48. The standard InChI is InChI=1S/C17H16ClFN2/c18-15-2-1-3-16(19)14(15)11-21-9-7-13-10-12(6-8-20)4-5-17(13)21/h1-5,7,9-10H,6,8,11,20H2. The van der Waals surface area contributed by atoms with Crippen LogP contribution in [0.5, 0.6) is 0 Å². The van der Waals surface area contributed by atoms with Crippen LogP contribution in [0.15, 0.2) is 48.7 Å². The predicted octanol–water partition coefficient (Wildman–Crippen LogP) is 3.98. The monoisotopic (exact) mass is 302 g/mol. The van der Waals surface area contributed by atoms with Crippen LogP contribution in [0.25, 0.3) is 10.9 Å². The van der Waals surface area contributed by atoms with Gasteiger partial charge in [0.2, 0.25) is 0 Å². The van der Waals surface area contributed by atoms with Crippen LogP contribution in [0.1, 0.15) is 11.1 Å². The zero-order chi connectivity index (χ0) is 14.8. The van der Waals surface area contributed by atoms with E-state index in [1.54, 1.807) is 12.1 Å². The maximum Gasteiger partial charge on any atom is 0.129 e. The van der Waals surface area contributed by atoms with Gasteiger partial charge in [0, 0.05) is 22.3 Å². The summed E-state index contributed by atoms with van der Waals surface area (Å²) in [4.78, 5) is 0. The van der Waals surface area contributed by atoms with E-state index in [1.807, 2.05) is 16.8 Å². The molecule has 0 spiro atoms. The number of aromatic nitrogens is 1. The van der Waals surface area contributed by atoms with Gasteiger partial charge in [-0.15, -0.1) is 0 Å². The molecule has 21 heavy (non-hydrogen) atoms. The molecule has 3 aromatic rings. The predicted molar refractivity (Wildman–Crippen MR) is 85.2 cm³/mol. The average Bonchev–Trinajstić information content (AvgIpc) is 2.86. The molecule has 0 radical (unpaired) electrons. The highest BCUT2D eigenvalue weighted by Gasteiger charge is 2.09. The molecule has 4 heteroatoms. The van der Waals surface area contributed by atoms with E-state index in [0.29, 0.717) is 23.7 Å². The minimum Gasteiger partial charge on any atom is -0.343 e. The molecule has 2 nitrogen and oxygen atoms in total. The highest BCUT2D eigenvalue weighted by Crippen LogP contribution is 2.24. The van der Waals surface area contributed by atoms with Crippen molar-refractivity contribution >= 4 is 22.5 Å². The molecule has 0 amide bonds. The van der Waals surface area contributed by atoms with Crippen molar-refractivity contribution in [2.75, 3.05) is 6.54 Å². The topological polar surface area (TPSA) is 30.9 Å². The summed E-state index contributed by atoms with van der Waals surface area (Å²) in [5.41, 5.74) is 8.38. The summed E-state index contributed by atoms with van der Waals surface area (Å²) in [6, 6.07) is 13.0. The van der Waals surface area contributed by atoms with Crippen molar-refractivity contribution < 1.29 is 4.39 Å². The third-order valence-corrected chi connectivity index (χ3v) is 4.01. The van der Waals surface area contributed by atoms with Gasteiger partial charge in [-0.1, -0.05) is 23.7 Å². The number of fused-ring (bicyclic) bond motifs is 1. The Morgan fingerprint density at radius 3 is 2.76 bits per heavy atom. The normalized spacial score (nSPS) is 11.2. The molecule has 0 aliphatic carbocycles. The Kier molecular flexibility index (Phi) is 3.95. The van der Waals surface area contributed by atoms with Gasteiger partial charge in [-0.05, 0) is 54.2 Å². The van der Waals surface area contributed by atoms with Gasteiger partial charge in [-0.2, -0.15) is 0 Å². The SMILES string of the molecule is NCCc1ccc2c(ccn2Cc2c(F)cccc2Cl)c1. The fourth-order valence-electron chi connectivity index (χ4n) is 2.56. The van der Waals surface area contributed by atoms with E-state index >= 15 is 0 Å². The summed E-state index contributed by atoms with van der Waals surface area (Å²) in [6.07, 6.45) is 2.82. The quantitative estimate of drug-likeness (QED) is 0.776. The van der Waals surface area contributed by atoms with Crippen LogP contribution in [-0.2, 0) is 13.0 Å². The van der Waals surface area contributed by atoms with Gasteiger partial charge in [0.25, 0.3) is 0 Å². The molecule has 108 valence electrons. The summed E-state index contributed by atoms with van der Waals surface area (Å²) in [6.45, 7) is 1.06. The summed E-state index contributed by atoms with van der Waals surface area (Å²) < 4.78 is 15.9. The van der Waals surface area contributed by atoms with Crippen LogP contribution in [0.3, 0.4) is 0 Å². The number of rotatable bonds is 4. The molecule has 0 atom stereocenters. The molecule has 0 saturated heterocycles. The Bertz CT molecular complexity index is 759. The lowest BCUT2D eigenvalue weighted by Gasteiger charge is -2.09.